The molecule has 3 nitrogen and oxygen atoms in total. The van der Waals surface area contributed by atoms with Gasteiger partial charge in [-0.1, -0.05) is 44.2 Å². The Morgan fingerprint density at radius 2 is 1.74 bits per heavy atom. The summed E-state index contributed by atoms with van der Waals surface area (Å²) in [5, 5.41) is 0. The van der Waals surface area contributed by atoms with Crippen LogP contribution < -0.4 is 0 Å². The number of sulfone groups is 1. The van der Waals surface area contributed by atoms with Crippen molar-refractivity contribution in [2.75, 3.05) is 25.6 Å². The second-order valence-corrected chi connectivity index (χ2v) is 7.82. The molecule has 1 aromatic rings. The third-order valence-corrected chi connectivity index (χ3v) is 4.30. The topological polar surface area (TPSA) is 37.4 Å². The first-order valence-electron chi connectivity index (χ1n) is 6.74. The standard InChI is InChI=1S/C15H25NO2S/c1-13(2)15(14-9-6-5-7-10-14)16(3)11-8-12-19(4,17)18/h5-7,9-10,13,15H,8,11-12H2,1-4H3/t15-/m0/s1. The van der Waals surface area contributed by atoms with Gasteiger partial charge >= 0.3 is 0 Å². The molecule has 19 heavy (non-hydrogen) atoms. The van der Waals surface area contributed by atoms with Crippen LogP contribution in [-0.2, 0) is 9.84 Å². The van der Waals surface area contributed by atoms with Gasteiger partial charge in [0.2, 0.25) is 0 Å². The first-order valence-corrected chi connectivity index (χ1v) is 8.80. The van der Waals surface area contributed by atoms with E-state index in [-0.39, 0.29) is 5.75 Å². The molecule has 0 saturated heterocycles. The molecule has 0 unspecified atom stereocenters. The van der Waals surface area contributed by atoms with E-state index in [9.17, 15) is 8.42 Å². The van der Waals surface area contributed by atoms with E-state index >= 15 is 0 Å². The second kappa shape index (κ2) is 7.06. The average molecular weight is 283 g/mol. The van der Waals surface area contributed by atoms with Crippen molar-refractivity contribution in [2.24, 2.45) is 5.92 Å². The van der Waals surface area contributed by atoms with Crippen LogP contribution in [0.1, 0.15) is 31.9 Å². The normalized spacial score (nSPS) is 14.0. The molecule has 0 fully saturated rings. The molecule has 0 aromatic heterocycles. The quantitative estimate of drug-likeness (QED) is 0.772. The summed E-state index contributed by atoms with van der Waals surface area (Å²) in [5.74, 6) is 0.752. The highest BCUT2D eigenvalue weighted by molar-refractivity contribution is 7.90. The fraction of sp³-hybridized carbons (Fsp3) is 0.600. The van der Waals surface area contributed by atoms with E-state index in [1.165, 1.54) is 11.8 Å². The molecule has 4 heteroatoms. The lowest BCUT2D eigenvalue weighted by molar-refractivity contribution is 0.194. The van der Waals surface area contributed by atoms with E-state index in [2.05, 4.69) is 50.1 Å². The van der Waals surface area contributed by atoms with Crippen molar-refractivity contribution in [1.29, 1.82) is 0 Å². The maximum absolute atomic E-state index is 11.2. The third kappa shape index (κ3) is 5.74. The molecule has 0 aliphatic heterocycles. The van der Waals surface area contributed by atoms with E-state index in [0.717, 1.165) is 6.54 Å². The lowest BCUT2D eigenvalue weighted by Crippen LogP contribution is -2.30. The van der Waals surface area contributed by atoms with Crippen LogP contribution in [0.5, 0.6) is 0 Å². The zero-order valence-electron chi connectivity index (χ0n) is 12.3. The summed E-state index contributed by atoms with van der Waals surface area (Å²) in [5.41, 5.74) is 1.29. The SMILES string of the molecule is CC(C)[C@@H](c1ccccc1)N(C)CCCS(C)(=O)=O. The van der Waals surface area contributed by atoms with Crippen molar-refractivity contribution in [3.05, 3.63) is 35.9 Å². The van der Waals surface area contributed by atoms with Gasteiger partial charge in [0, 0.05) is 12.3 Å². The minimum Gasteiger partial charge on any atom is -0.299 e. The van der Waals surface area contributed by atoms with Gasteiger partial charge in [0.05, 0.1) is 5.75 Å². The smallest absolute Gasteiger partial charge is 0.147 e. The zero-order valence-corrected chi connectivity index (χ0v) is 13.2. The number of hydrogen-bond acceptors (Lipinski definition) is 3. The summed E-state index contributed by atoms with van der Waals surface area (Å²) in [6, 6.07) is 10.7. The first-order chi connectivity index (χ1) is 8.81. The first kappa shape index (κ1) is 16.2. The Morgan fingerprint density at radius 1 is 1.16 bits per heavy atom. The largest absolute Gasteiger partial charge is 0.299 e. The lowest BCUT2D eigenvalue weighted by atomic mass is 9.95. The average Bonchev–Trinajstić information content (AvgIpc) is 2.28. The molecule has 0 aliphatic carbocycles. The number of nitrogens with zero attached hydrogens (tertiary/aromatic N) is 1. The van der Waals surface area contributed by atoms with Crippen molar-refractivity contribution >= 4 is 9.84 Å². The van der Waals surface area contributed by atoms with Crippen LogP contribution in [0.25, 0.3) is 0 Å². The maximum atomic E-state index is 11.2. The number of hydrogen-bond donors (Lipinski definition) is 0. The van der Waals surface area contributed by atoms with Gasteiger partial charge in [-0.25, -0.2) is 8.42 Å². The van der Waals surface area contributed by atoms with Gasteiger partial charge in [-0.15, -0.1) is 0 Å². The molecular formula is C15H25NO2S. The van der Waals surface area contributed by atoms with Crippen molar-refractivity contribution in [1.82, 2.24) is 4.90 Å². The summed E-state index contributed by atoms with van der Waals surface area (Å²) >= 11 is 0. The molecule has 108 valence electrons. The zero-order chi connectivity index (χ0) is 14.5. The Hall–Kier alpha value is -0.870. The van der Waals surface area contributed by atoms with E-state index in [0.29, 0.717) is 18.4 Å². The molecule has 0 saturated carbocycles. The Balaban J connectivity index is 2.67. The minimum absolute atomic E-state index is 0.261. The second-order valence-electron chi connectivity index (χ2n) is 5.56. The summed E-state index contributed by atoms with van der Waals surface area (Å²) < 4.78 is 22.3. The van der Waals surface area contributed by atoms with Gasteiger partial charge < -0.3 is 0 Å². The molecule has 0 aliphatic rings. The predicted octanol–water partition coefficient (Wildman–Crippen LogP) is 2.75. The molecule has 0 bridgehead atoms. The molecule has 0 N–H and O–H groups in total. The Morgan fingerprint density at radius 3 is 2.21 bits per heavy atom. The monoisotopic (exact) mass is 283 g/mol. The summed E-state index contributed by atoms with van der Waals surface area (Å²) in [7, 11) is -0.788. The summed E-state index contributed by atoms with van der Waals surface area (Å²) in [4.78, 5) is 2.26. The maximum Gasteiger partial charge on any atom is 0.147 e. The minimum atomic E-state index is -2.86. The molecule has 1 rings (SSSR count). The Kier molecular flexibility index (Phi) is 6.01. The van der Waals surface area contributed by atoms with Gasteiger partial charge in [-0.2, -0.15) is 0 Å². The summed E-state index contributed by atoms with van der Waals surface area (Å²) in [6.07, 6.45) is 1.98. The van der Waals surface area contributed by atoms with Crippen molar-refractivity contribution in [3.8, 4) is 0 Å². The van der Waals surface area contributed by atoms with E-state index in [1.54, 1.807) is 0 Å². The van der Waals surface area contributed by atoms with Crippen LogP contribution >= 0.6 is 0 Å². The van der Waals surface area contributed by atoms with E-state index in [4.69, 9.17) is 0 Å². The number of rotatable bonds is 7. The van der Waals surface area contributed by atoms with Gasteiger partial charge in [-0.3, -0.25) is 4.90 Å². The molecular weight excluding hydrogens is 258 g/mol. The van der Waals surface area contributed by atoms with Gasteiger partial charge in [-0.05, 0) is 31.5 Å². The molecule has 1 aromatic carbocycles. The highest BCUT2D eigenvalue weighted by atomic mass is 32.2. The van der Waals surface area contributed by atoms with Crippen LogP contribution in [0.3, 0.4) is 0 Å². The van der Waals surface area contributed by atoms with Crippen molar-refractivity contribution in [2.45, 2.75) is 26.3 Å². The van der Waals surface area contributed by atoms with Crippen molar-refractivity contribution in [3.63, 3.8) is 0 Å². The molecule has 1 atom stereocenters. The fourth-order valence-electron chi connectivity index (χ4n) is 2.51. The van der Waals surface area contributed by atoms with Gasteiger partial charge in [0.1, 0.15) is 9.84 Å². The van der Waals surface area contributed by atoms with E-state index < -0.39 is 9.84 Å². The number of benzene rings is 1. The van der Waals surface area contributed by atoms with Crippen LogP contribution in [0.4, 0.5) is 0 Å². The van der Waals surface area contributed by atoms with Crippen LogP contribution in [0, 0.1) is 5.92 Å². The predicted molar refractivity (Wildman–Crippen MR) is 81.0 cm³/mol. The third-order valence-electron chi connectivity index (χ3n) is 3.27. The van der Waals surface area contributed by atoms with Crippen LogP contribution in [0.15, 0.2) is 30.3 Å². The summed E-state index contributed by atoms with van der Waals surface area (Å²) in [6.45, 7) is 5.19. The van der Waals surface area contributed by atoms with Crippen LogP contribution in [0.2, 0.25) is 0 Å². The molecule has 0 radical (unpaired) electrons. The highest BCUT2D eigenvalue weighted by Crippen LogP contribution is 2.27. The Bertz CT molecular complexity index is 468. The Labute approximate surface area is 117 Å². The lowest BCUT2D eigenvalue weighted by Gasteiger charge is -2.31. The van der Waals surface area contributed by atoms with E-state index in [1.807, 2.05) is 6.07 Å². The molecule has 0 amide bonds. The molecule has 0 spiro atoms. The molecule has 0 heterocycles. The van der Waals surface area contributed by atoms with Crippen LogP contribution in [-0.4, -0.2) is 38.9 Å². The fourth-order valence-corrected chi connectivity index (χ4v) is 3.17. The van der Waals surface area contributed by atoms with Crippen molar-refractivity contribution < 1.29 is 8.42 Å². The van der Waals surface area contributed by atoms with Gasteiger partial charge in [0.25, 0.3) is 0 Å². The highest BCUT2D eigenvalue weighted by Gasteiger charge is 2.20. The van der Waals surface area contributed by atoms with Gasteiger partial charge in [0.15, 0.2) is 0 Å².